The zero-order valence-electron chi connectivity index (χ0n) is 32.0. The van der Waals surface area contributed by atoms with Gasteiger partial charge in [0.05, 0.1) is 0 Å². The van der Waals surface area contributed by atoms with Crippen LogP contribution in [0.4, 0.5) is 34.1 Å². The summed E-state index contributed by atoms with van der Waals surface area (Å²) in [4.78, 5) is 4.66. The lowest BCUT2D eigenvalue weighted by Gasteiger charge is -2.27. The number of para-hydroxylation sites is 4. The summed E-state index contributed by atoms with van der Waals surface area (Å²) in [6.45, 7) is 6.53. The minimum absolute atomic E-state index is 0.832. The van der Waals surface area contributed by atoms with Crippen LogP contribution in [-0.2, 0) is 0 Å². The SMILES string of the molecule is Cc1ccccc1N(c1ccccc1)c1ccc2cc3c(cc2c1)oc1cc2oc4cc5cc(N(c6ccccc6)c6ccccc6C)ccc5cc4c2c(C)c13. The molecule has 0 amide bonds. The van der Waals surface area contributed by atoms with Gasteiger partial charge in [-0.05, 0) is 144 Å². The Labute approximate surface area is 330 Å². The molecule has 11 aromatic rings. The Morgan fingerprint density at radius 2 is 0.754 bits per heavy atom. The number of hydrogen-bond acceptors (Lipinski definition) is 4. The standard InChI is InChI=1S/C53H38N2O2/c1-33-14-10-12-20-46(33)54(40-16-6-4-7-17-40)42-24-22-36-28-44-48(30-38(36)26-42)56-50-32-51-53(35(3)52(44)50)45-29-37-23-25-43(27-39(37)31-49(45)57-51)55(41-18-8-5-9-19-41)47-21-13-11-15-34(47)2/h4-32H,1-3H3. The van der Waals surface area contributed by atoms with Gasteiger partial charge in [-0.3, -0.25) is 0 Å². The van der Waals surface area contributed by atoms with Crippen molar-refractivity contribution in [1.82, 2.24) is 0 Å². The van der Waals surface area contributed by atoms with E-state index >= 15 is 0 Å². The van der Waals surface area contributed by atoms with Crippen LogP contribution >= 0.6 is 0 Å². The largest absolute Gasteiger partial charge is 0.456 e. The van der Waals surface area contributed by atoms with Crippen LogP contribution in [0.5, 0.6) is 0 Å². The third-order valence-corrected chi connectivity index (χ3v) is 11.6. The maximum absolute atomic E-state index is 6.67. The zero-order valence-corrected chi connectivity index (χ0v) is 32.0. The quantitative estimate of drug-likeness (QED) is 0.170. The van der Waals surface area contributed by atoms with E-state index in [4.69, 9.17) is 8.83 Å². The molecule has 0 N–H and O–H groups in total. The lowest BCUT2D eigenvalue weighted by atomic mass is 9.98. The van der Waals surface area contributed by atoms with Gasteiger partial charge in [0.25, 0.3) is 0 Å². The summed E-state index contributed by atoms with van der Waals surface area (Å²) in [5, 5.41) is 9.06. The molecule has 0 spiro atoms. The zero-order chi connectivity index (χ0) is 38.2. The molecule has 57 heavy (non-hydrogen) atoms. The first-order valence-electron chi connectivity index (χ1n) is 19.5. The van der Waals surface area contributed by atoms with E-state index in [-0.39, 0.29) is 0 Å². The van der Waals surface area contributed by atoms with Gasteiger partial charge in [-0.25, -0.2) is 0 Å². The molecule has 0 saturated carbocycles. The Kier molecular flexibility index (Phi) is 7.48. The van der Waals surface area contributed by atoms with Gasteiger partial charge >= 0.3 is 0 Å². The third kappa shape index (κ3) is 5.37. The van der Waals surface area contributed by atoms with Crippen molar-refractivity contribution in [3.05, 3.63) is 193 Å². The predicted octanol–water partition coefficient (Wildman–Crippen LogP) is 15.7. The molecular weight excluding hydrogens is 697 g/mol. The Morgan fingerprint density at radius 1 is 0.333 bits per heavy atom. The van der Waals surface area contributed by atoms with E-state index in [2.05, 4.69) is 206 Å². The van der Waals surface area contributed by atoms with Gasteiger partial charge in [0, 0.05) is 61.7 Å². The predicted molar refractivity (Wildman–Crippen MR) is 240 cm³/mol. The second-order valence-electron chi connectivity index (χ2n) is 15.1. The summed E-state index contributed by atoms with van der Waals surface area (Å²) in [5.41, 5.74) is 13.7. The van der Waals surface area contributed by atoms with Gasteiger partial charge in [0.1, 0.15) is 22.3 Å². The average molecular weight is 735 g/mol. The highest BCUT2D eigenvalue weighted by Crippen LogP contribution is 2.44. The maximum Gasteiger partial charge on any atom is 0.139 e. The molecule has 0 atom stereocenters. The molecule has 0 fully saturated rings. The van der Waals surface area contributed by atoms with Gasteiger partial charge in [-0.15, -0.1) is 0 Å². The first kappa shape index (κ1) is 33.1. The number of furan rings is 2. The Hall–Kier alpha value is -7.30. The number of benzene rings is 9. The van der Waals surface area contributed by atoms with Crippen LogP contribution in [0, 0.1) is 20.8 Å². The van der Waals surface area contributed by atoms with Crippen molar-refractivity contribution in [3.8, 4) is 0 Å². The molecule has 272 valence electrons. The van der Waals surface area contributed by atoms with E-state index in [9.17, 15) is 0 Å². The molecule has 0 saturated heterocycles. The van der Waals surface area contributed by atoms with E-state index in [0.717, 1.165) is 94.3 Å². The fourth-order valence-corrected chi connectivity index (χ4v) is 8.83. The van der Waals surface area contributed by atoms with Crippen molar-refractivity contribution in [2.75, 3.05) is 9.80 Å². The van der Waals surface area contributed by atoms with Gasteiger partial charge < -0.3 is 18.6 Å². The summed E-state index contributed by atoms with van der Waals surface area (Å²) in [6.07, 6.45) is 0. The molecule has 4 nitrogen and oxygen atoms in total. The van der Waals surface area contributed by atoms with Crippen molar-refractivity contribution < 1.29 is 8.83 Å². The Balaban J connectivity index is 1.03. The topological polar surface area (TPSA) is 32.8 Å². The number of rotatable bonds is 6. The molecular formula is C53H38N2O2. The molecule has 0 radical (unpaired) electrons. The van der Waals surface area contributed by atoms with Gasteiger partial charge in [0.15, 0.2) is 0 Å². The second-order valence-corrected chi connectivity index (χ2v) is 15.1. The highest BCUT2D eigenvalue weighted by Gasteiger charge is 2.21. The summed E-state index contributed by atoms with van der Waals surface area (Å²) >= 11 is 0. The minimum atomic E-state index is 0.832. The maximum atomic E-state index is 6.67. The molecule has 9 aromatic carbocycles. The van der Waals surface area contributed by atoms with Crippen LogP contribution in [0.15, 0.2) is 185 Å². The number of hydrogen-bond donors (Lipinski definition) is 0. The first-order chi connectivity index (χ1) is 28.0. The summed E-state index contributed by atoms with van der Waals surface area (Å²) in [6, 6.07) is 62.7. The molecule has 0 aliphatic carbocycles. The Bertz CT molecular complexity index is 3120. The van der Waals surface area contributed by atoms with Crippen LogP contribution in [0.3, 0.4) is 0 Å². The number of fused-ring (bicyclic) bond motifs is 8. The van der Waals surface area contributed by atoms with Crippen LogP contribution in [0.1, 0.15) is 16.7 Å². The smallest absolute Gasteiger partial charge is 0.139 e. The van der Waals surface area contributed by atoms with E-state index in [1.54, 1.807) is 0 Å². The van der Waals surface area contributed by atoms with Gasteiger partial charge in [0.2, 0.25) is 0 Å². The second kappa shape index (κ2) is 12.9. The Morgan fingerprint density at radius 3 is 1.19 bits per heavy atom. The number of aryl methyl sites for hydroxylation is 3. The highest BCUT2D eigenvalue weighted by atomic mass is 16.3. The normalized spacial score (nSPS) is 11.8. The molecule has 0 bridgehead atoms. The monoisotopic (exact) mass is 734 g/mol. The van der Waals surface area contributed by atoms with E-state index in [1.807, 2.05) is 0 Å². The average Bonchev–Trinajstić information content (AvgIpc) is 3.78. The molecule has 0 aliphatic rings. The fraction of sp³-hybridized carbons (Fsp3) is 0.0566. The highest BCUT2D eigenvalue weighted by molar-refractivity contribution is 6.21. The molecule has 2 heterocycles. The fourth-order valence-electron chi connectivity index (χ4n) is 8.83. The van der Waals surface area contributed by atoms with Crippen LogP contribution in [0.25, 0.3) is 65.4 Å². The molecule has 0 unspecified atom stereocenters. The van der Waals surface area contributed by atoms with Crippen molar-refractivity contribution >= 4 is 99.5 Å². The molecule has 2 aromatic heterocycles. The van der Waals surface area contributed by atoms with E-state index in [1.165, 1.54) is 21.9 Å². The van der Waals surface area contributed by atoms with Crippen molar-refractivity contribution in [1.29, 1.82) is 0 Å². The molecule has 0 aliphatic heterocycles. The van der Waals surface area contributed by atoms with Crippen LogP contribution in [0.2, 0.25) is 0 Å². The molecule has 11 rings (SSSR count). The molecule has 4 heteroatoms. The lowest BCUT2D eigenvalue weighted by Crippen LogP contribution is -2.11. The lowest BCUT2D eigenvalue weighted by molar-refractivity contribution is 0.656. The van der Waals surface area contributed by atoms with E-state index < -0.39 is 0 Å². The minimum Gasteiger partial charge on any atom is -0.456 e. The van der Waals surface area contributed by atoms with E-state index in [0.29, 0.717) is 0 Å². The summed E-state index contributed by atoms with van der Waals surface area (Å²) in [5.74, 6) is 0. The van der Waals surface area contributed by atoms with Crippen molar-refractivity contribution in [3.63, 3.8) is 0 Å². The number of nitrogens with zero attached hydrogens (tertiary/aromatic N) is 2. The van der Waals surface area contributed by atoms with Crippen LogP contribution < -0.4 is 9.80 Å². The third-order valence-electron chi connectivity index (χ3n) is 11.6. The van der Waals surface area contributed by atoms with Gasteiger partial charge in [-0.1, -0.05) is 84.9 Å². The summed E-state index contributed by atoms with van der Waals surface area (Å²) in [7, 11) is 0. The number of anilines is 6. The van der Waals surface area contributed by atoms with Gasteiger partial charge in [-0.2, -0.15) is 0 Å². The summed E-state index contributed by atoms with van der Waals surface area (Å²) < 4.78 is 13.3. The first-order valence-corrected chi connectivity index (χ1v) is 19.5. The van der Waals surface area contributed by atoms with Crippen molar-refractivity contribution in [2.24, 2.45) is 0 Å². The van der Waals surface area contributed by atoms with Crippen LogP contribution in [-0.4, -0.2) is 0 Å². The van der Waals surface area contributed by atoms with Crippen molar-refractivity contribution in [2.45, 2.75) is 20.8 Å².